The summed E-state index contributed by atoms with van der Waals surface area (Å²) in [6, 6.07) is 14.7. The lowest BCUT2D eigenvalue weighted by Gasteiger charge is -2.44. The molecule has 0 bridgehead atoms. The molecule has 8 nitrogen and oxygen atoms in total. The Balaban J connectivity index is 1.53. The zero-order valence-corrected chi connectivity index (χ0v) is 19.8. The number of nitrogens with one attached hydrogen (secondary N) is 2. The predicted molar refractivity (Wildman–Crippen MR) is 136 cm³/mol. The van der Waals surface area contributed by atoms with E-state index in [2.05, 4.69) is 39.4 Å². The maximum absolute atomic E-state index is 12.9. The highest BCUT2D eigenvalue weighted by Crippen LogP contribution is 2.25. The molecule has 0 saturated carbocycles. The molecule has 2 aromatic carbocycles. The van der Waals surface area contributed by atoms with E-state index in [4.69, 9.17) is 11.6 Å². The van der Waals surface area contributed by atoms with Crippen LogP contribution in [0.1, 0.15) is 13.8 Å². The number of hydrogen-bond acceptors (Lipinski definition) is 4. The normalized spacial score (nSPS) is 16.4. The molecule has 34 heavy (non-hydrogen) atoms. The second-order valence-electron chi connectivity index (χ2n) is 8.45. The minimum Gasteiger partial charge on any atom is -0.335 e. The minimum atomic E-state index is -0.166. The Morgan fingerprint density at radius 1 is 1.18 bits per heavy atom. The summed E-state index contributed by atoms with van der Waals surface area (Å²) < 4.78 is 0. The predicted octanol–water partition coefficient (Wildman–Crippen LogP) is 5.01. The van der Waals surface area contributed by atoms with E-state index in [0.717, 1.165) is 16.5 Å². The molecular formula is C25H26ClN7O. The number of anilines is 2. The van der Waals surface area contributed by atoms with Gasteiger partial charge in [-0.3, -0.25) is 4.98 Å². The van der Waals surface area contributed by atoms with Crippen LogP contribution in [0, 0.1) is 17.4 Å². The Morgan fingerprint density at radius 3 is 2.71 bits per heavy atom. The highest BCUT2D eigenvalue weighted by molar-refractivity contribution is 6.30. The third-order valence-corrected chi connectivity index (χ3v) is 6.18. The molecule has 1 fully saturated rings. The minimum absolute atomic E-state index is 0.0269. The van der Waals surface area contributed by atoms with Gasteiger partial charge in [-0.2, -0.15) is 5.26 Å². The fraction of sp³-hybridized carbons (Fsp3) is 0.280. The molecular weight excluding hydrogens is 450 g/mol. The van der Waals surface area contributed by atoms with Crippen molar-refractivity contribution in [2.75, 3.05) is 30.3 Å². The standard InChI is InChI=1S/C25H26ClN7O/c1-17(2)23-15-32(25(34)30-20-8-6-19(26)7-9-20)12-13-33(23)24(29-16-27)31-22-5-3-4-18-14-28-11-10-21(18)22/h3-11,14,17,23H,12-13,15H2,1-2H3,(H,29,31)(H,30,34). The lowest BCUT2D eigenvalue weighted by molar-refractivity contribution is 0.120. The molecule has 0 aliphatic carbocycles. The first-order valence-corrected chi connectivity index (χ1v) is 11.5. The number of aromatic nitrogens is 1. The van der Waals surface area contributed by atoms with Gasteiger partial charge in [-0.25, -0.2) is 4.79 Å². The van der Waals surface area contributed by atoms with Crippen LogP contribution in [0.25, 0.3) is 10.8 Å². The molecule has 1 unspecified atom stereocenters. The highest BCUT2D eigenvalue weighted by atomic mass is 35.5. The number of halogens is 1. The van der Waals surface area contributed by atoms with E-state index < -0.39 is 0 Å². The number of nitriles is 1. The molecule has 0 spiro atoms. The average Bonchev–Trinajstić information content (AvgIpc) is 2.85. The van der Waals surface area contributed by atoms with Gasteiger partial charge in [0.25, 0.3) is 0 Å². The van der Waals surface area contributed by atoms with Crippen molar-refractivity contribution in [1.29, 1.82) is 5.26 Å². The first-order valence-electron chi connectivity index (χ1n) is 11.1. The van der Waals surface area contributed by atoms with Crippen LogP contribution in [0.3, 0.4) is 0 Å². The summed E-state index contributed by atoms with van der Waals surface area (Å²) in [5.74, 6) is 0.691. The summed E-state index contributed by atoms with van der Waals surface area (Å²) in [6.07, 6.45) is 5.47. The van der Waals surface area contributed by atoms with Crippen molar-refractivity contribution < 1.29 is 4.79 Å². The molecule has 1 aliphatic heterocycles. The van der Waals surface area contributed by atoms with E-state index in [0.29, 0.717) is 36.3 Å². The smallest absolute Gasteiger partial charge is 0.321 e. The third-order valence-electron chi connectivity index (χ3n) is 5.93. The van der Waals surface area contributed by atoms with Crippen LogP contribution in [-0.4, -0.2) is 52.5 Å². The van der Waals surface area contributed by atoms with Gasteiger partial charge in [0.1, 0.15) is 0 Å². The molecule has 1 atom stereocenters. The quantitative estimate of drug-likeness (QED) is 0.315. The van der Waals surface area contributed by atoms with E-state index in [1.165, 1.54) is 0 Å². The maximum atomic E-state index is 12.9. The van der Waals surface area contributed by atoms with Gasteiger partial charge in [-0.1, -0.05) is 37.6 Å². The van der Waals surface area contributed by atoms with Crippen LogP contribution in [0.2, 0.25) is 5.02 Å². The topological polar surface area (TPSA) is 96.7 Å². The largest absolute Gasteiger partial charge is 0.335 e. The van der Waals surface area contributed by atoms with Crippen molar-refractivity contribution in [3.63, 3.8) is 0 Å². The summed E-state index contributed by atoms with van der Waals surface area (Å²) in [7, 11) is 0. The van der Waals surface area contributed by atoms with Crippen molar-refractivity contribution in [2.24, 2.45) is 10.9 Å². The second kappa shape index (κ2) is 10.4. The second-order valence-corrected chi connectivity index (χ2v) is 8.89. The maximum Gasteiger partial charge on any atom is 0.321 e. The third kappa shape index (κ3) is 5.21. The molecule has 2 heterocycles. The van der Waals surface area contributed by atoms with Crippen LogP contribution in [-0.2, 0) is 0 Å². The van der Waals surface area contributed by atoms with Gasteiger partial charge < -0.3 is 20.4 Å². The van der Waals surface area contributed by atoms with Gasteiger partial charge in [-0.15, -0.1) is 4.99 Å². The van der Waals surface area contributed by atoms with Gasteiger partial charge in [0.15, 0.2) is 0 Å². The number of aliphatic imine (C=N–C) groups is 1. The van der Waals surface area contributed by atoms with Gasteiger partial charge in [0.05, 0.1) is 6.04 Å². The van der Waals surface area contributed by atoms with Crippen molar-refractivity contribution in [3.05, 3.63) is 65.9 Å². The summed E-state index contributed by atoms with van der Waals surface area (Å²) in [6.45, 7) is 5.74. The number of urea groups is 1. The van der Waals surface area contributed by atoms with Crippen LogP contribution in [0.4, 0.5) is 16.2 Å². The molecule has 1 saturated heterocycles. The number of piperazine rings is 1. The number of amides is 2. The SMILES string of the molecule is CC(C)C1CN(C(=O)Nc2ccc(Cl)cc2)CCN1/C(=N\C#N)Nc1cccc2cnccc12. The van der Waals surface area contributed by atoms with Crippen molar-refractivity contribution in [3.8, 4) is 6.19 Å². The van der Waals surface area contributed by atoms with Crippen LogP contribution in [0.15, 0.2) is 65.9 Å². The van der Waals surface area contributed by atoms with E-state index in [9.17, 15) is 10.1 Å². The van der Waals surface area contributed by atoms with Crippen LogP contribution >= 0.6 is 11.6 Å². The molecule has 3 aromatic rings. The fourth-order valence-electron chi connectivity index (χ4n) is 4.13. The van der Waals surface area contributed by atoms with Crippen molar-refractivity contribution >= 4 is 45.7 Å². The molecule has 2 amide bonds. The fourth-order valence-corrected chi connectivity index (χ4v) is 4.25. The van der Waals surface area contributed by atoms with Crippen LogP contribution < -0.4 is 10.6 Å². The summed E-state index contributed by atoms with van der Waals surface area (Å²) in [4.78, 5) is 25.1. The summed E-state index contributed by atoms with van der Waals surface area (Å²) in [5.41, 5.74) is 1.54. The van der Waals surface area contributed by atoms with Gasteiger partial charge in [0, 0.05) is 59.2 Å². The highest BCUT2D eigenvalue weighted by Gasteiger charge is 2.33. The number of hydrogen-bond donors (Lipinski definition) is 2. The molecule has 2 N–H and O–H groups in total. The number of nitrogens with zero attached hydrogens (tertiary/aromatic N) is 5. The molecule has 4 rings (SSSR count). The lowest BCUT2D eigenvalue weighted by atomic mass is 10.00. The lowest BCUT2D eigenvalue weighted by Crippen LogP contribution is -2.60. The number of guanidine groups is 1. The molecule has 0 radical (unpaired) electrons. The van der Waals surface area contributed by atoms with Crippen molar-refractivity contribution in [2.45, 2.75) is 19.9 Å². The number of benzene rings is 2. The Morgan fingerprint density at radius 2 is 1.97 bits per heavy atom. The summed E-state index contributed by atoms with van der Waals surface area (Å²) >= 11 is 5.94. The molecule has 174 valence electrons. The number of carbonyl (C=O) groups excluding carboxylic acids is 1. The Hall–Kier alpha value is -3.83. The number of pyridine rings is 1. The number of rotatable bonds is 3. The van der Waals surface area contributed by atoms with E-state index in [-0.39, 0.29) is 18.0 Å². The monoisotopic (exact) mass is 475 g/mol. The van der Waals surface area contributed by atoms with E-state index >= 15 is 0 Å². The molecule has 9 heteroatoms. The average molecular weight is 476 g/mol. The zero-order chi connectivity index (χ0) is 24.1. The van der Waals surface area contributed by atoms with E-state index in [1.54, 1.807) is 41.6 Å². The molecule has 1 aromatic heterocycles. The van der Waals surface area contributed by atoms with Crippen molar-refractivity contribution in [1.82, 2.24) is 14.8 Å². The Kier molecular flexibility index (Phi) is 7.14. The Bertz CT molecular complexity index is 1230. The number of carbonyl (C=O) groups is 1. The zero-order valence-electron chi connectivity index (χ0n) is 19.1. The van der Waals surface area contributed by atoms with Crippen LogP contribution in [0.5, 0.6) is 0 Å². The van der Waals surface area contributed by atoms with E-state index in [1.807, 2.05) is 30.5 Å². The Labute approximate surface area is 203 Å². The first kappa shape index (κ1) is 23.3. The van der Waals surface area contributed by atoms with Gasteiger partial charge >= 0.3 is 6.03 Å². The first-order chi connectivity index (χ1) is 16.5. The summed E-state index contributed by atoms with van der Waals surface area (Å²) in [5, 5.41) is 18.3. The van der Waals surface area contributed by atoms with Gasteiger partial charge in [-0.05, 0) is 42.3 Å². The number of fused-ring (bicyclic) bond motifs is 1. The van der Waals surface area contributed by atoms with Gasteiger partial charge in [0.2, 0.25) is 12.2 Å². The molecule has 1 aliphatic rings.